The molecule has 1 saturated heterocycles. The van der Waals surface area contributed by atoms with E-state index < -0.39 is 0 Å². The fraction of sp³-hybridized carbons (Fsp3) is 0.438. The number of aromatic nitrogens is 2. The summed E-state index contributed by atoms with van der Waals surface area (Å²) in [7, 11) is 0. The molecule has 2 aromatic rings. The normalized spacial score (nSPS) is 23.9. The highest BCUT2D eigenvalue weighted by Crippen LogP contribution is 2.15. The monoisotopic (exact) mass is 270 g/mol. The topological polar surface area (TPSA) is 33.1 Å². The molecule has 4 heteroatoms. The van der Waals surface area contributed by atoms with Crippen molar-refractivity contribution in [2.75, 3.05) is 13.1 Å². The Morgan fingerprint density at radius 2 is 1.80 bits per heavy atom. The summed E-state index contributed by atoms with van der Waals surface area (Å²) in [5.41, 5.74) is 2.25. The third-order valence-electron chi connectivity index (χ3n) is 4.02. The van der Waals surface area contributed by atoms with Gasteiger partial charge in [-0.05, 0) is 32.0 Å². The first-order chi connectivity index (χ1) is 9.74. The minimum absolute atomic E-state index is 0.556. The molecule has 2 unspecified atom stereocenters. The summed E-state index contributed by atoms with van der Waals surface area (Å²) in [5.74, 6) is 0. The van der Waals surface area contributed by atoms with Crippen molar-refractivity contribution in [3.05, 3.63) is 48.3 Å². The van der Waals surface area contributed by atoms with Crippen LogP contribution in [-0.4, -0.2) is 39.9 Å². The van der Waals surface area contributed by atoms with Gasteiger partial charge in [0, 0.05) is 37.9 Å². The highest BCUT2D eigenvalue weighted by molar-refractivity contribution is 5.30. The lowest BCUT2D eigenvalue weighted by Gasteiger charge is -2.38. The van der Waals surface area contributed by atoms with Crippen LogP contribution in [-0.2, 0) is 6.54 Å². The Bertz CT molecular complexity index is 539. The molecule has 1 aliphatic heterocycles. The van der Waals surface area contributed by atoms with Crippen molar-refractivity contribution >= 4 is 0 Å². The maximum Gasteiger partial charge on any atom is 0.0769 e. The van der Waals surface area contributed by atoms with E-state index in [0.29, 0.717) is 12.1 Å². The molecular weight excluding hydrogens is 248 g/mol. The molecule has 0 aliphatic carbocycles. The number of benzene rings is 1. The van der Waals surface area contributed by atoms with Gasteiger partial charge in [-0.25, -0.2) is 4.68 Å². The number of para-hydroxylation sites is 1. The van der Waals surface area contributed by atoms with Gasteiger partial charge in [0.15, 0.2) is 0 Å². The lowest BCUT2D eigenvalue weighted by molar-refractivity contribution is 0.107. The van der Waals surface area contributed by atoms with Gasteiger partial charge >= 0.3 is 0 Å². The molecular formula is C16H22N4. The van der Waals surface area contributed by atoms with Crippen molar-refractivity contribution in [2.24, 2.45) is 0 Å². The summed E-state index contributed by atoms with van der Waals surface area (Å²) in [5, 5.41) is 8.16. The smallest absolute Gasteiger partial charge is 0.0769 e. The zero-order valence-corrected chi connectivity index (χ0v) is 12.2. The Labute approximate surface area is 120 Å². The second kappa shape index (κ2) is 5.77. The molecule has 1 aromatic carbocycles. The lowest BCUT2D eigenvalue weighted by Crippen LogP contribution is -2.54. The second-order valence-corrected chi connectivity index (χ2v) is 5.62. The van der Waals surface area contributed by atoms with Crippen LogP contribution < -0.4 is 5.32 Å². The molecule has 1 aliphatic rings. The van der Waals surface area contributed by atoms with Gasteiger partial charge in [-0.2, -0.15) is 5.10 Å². The Morgan fingerprint density at radius 1 is 1.10 bits per heavy atom. The van der Waals surface area contributed by atoms with E-state index in [1.807, 2.05) is 29.1 Å². The number of rotatable bonds is 3. The van der Waals surface area contributed by atoms with Crippen molar-refractivity contribution in [2.45, 2.75) is 32.5 Å². The Morgan fingerprint density at radius 3 is 2.50 bits per heavy atom. The summed E-state index contributed by atoms with van der Waals surface area (Å²) in [6, 6.07) is 13.5. The molecule has 0 radical (unpaired) electrons. The molecule has 3 rings (SSSR count). The van der Waals surface area contributed by atoms with Gasteiger partial charge in [0.2, 0.25) is 0 Å². The Hall–Kier alpha value is -1.65. The first kappa shape index (κ1) is 13.3. The predicted octanol–water partition coefficient (Wildman–Crippen LogP) is 2.05. The highest BCUT2D eigenvalue weighted by atomic mass is 15.3. The first-order valence-corrected chi connectivity index (χ1v) is 7.30. The van der Waals surface area contributed by atoms with E-state index in [2.05, 4.69) is 42.3 Å². The van der Waals surface area contributed by atoms with E-state index in [-0.39, 0.29) is 0 Å². The minimum Gasteiger partial charge on any atom is -0.314 e. The van der Waals surface area contributed by atoms with Crippen molar-refractivity contribution < 1.29 is 0 Å². The van der Waals surface area contributed by atoms with E-state index in [1.54, 1.807) is 0 Å². The molecule has 0 spiro atoms. The summed E-state index contributed by atoms with van der Waals surface area (Å²) in [6.07, 6.45) is 2.04. The SMILES string of the molecule is CC1CNCC(C)N1Cc1ccn(-c2ccccc2)n1. The highest BCUT2D eigenvalue weighted by Gasteiger charge is 2.24. The largest absolute Gasteiger partial charge is 0.314 e. The quantitative estimate of drug-likeness (QED) is 0.926. The molecule has 0 bridgehead atoms. The number of hydrogen-bond acceptors (Lipinski definition) is 3. The third-order valence-corrected chi connectivity index (χ3v) is 4.02. The summed E-state index contributed by atoms with van der Waals surface area (Å²) >= 11 is 0. The number of piperazine rings is 1. The second-order valence-electron chi connectivity index (χ2n) is 5.62. The van der Waals surface area contributed by atoms with Crippen LogP contribution in [0.3, 0.4) is 0 Å². The average Bonchev–Trinajstić information content (AvgIpc) is 2.93. The fourth-order valence-corrected chi connectivity index (χ4v) is 2.84. The van der Waals surface area contributed by atoms with Gasteiger partial charge in [0.25, 0.3) is 0 Å². The van der Waals surface area contributed by atoms with Gasteiger partial charge in [-0.1, -0.05) is 18.2 Å². The van der Waals surface area contributed by atoms with Crippen LogP contribution in [0.5, 0.6) is 0 Å². The zero-order valence-electron chi connectivity index (χ0n) is 12.2. The van der Waals surface area contributed by atoms with Gasteiger partial charge in [0.1, 0.15) is 0 Å². The van der Waals surface area contributed by atoms with Crippen LogP contribution in [0.15, 0.2) is 42.6 Å². The van der Waals surface area contributed by atoms with E-state index in [1.165, 1.54) is 0 Å². The van der Waals surface area contributed by atoms with E-state index in [4.69, 9.17) is 5.10 Å². The molecule has 106 valence electrons. The molecule has 1 aromatic heterocycles. The fourth-order valence-electron chi connectivity index (χ4n) is 2.84. The van der Waals surface area contributed by atoms with Crippen molar-refractivity contribution in [1.82, 2.24) is 20.0 Å². The number of hydrogen-bond donors (Lipinski definition) is 1. The minimum atomic E-state index is 0.556. The summed E-state index contributed by atoms with van der Waals surface area (Å²) < 4.78 is 1.95. The number of nitrogens with zero attached hydrogens (tertiary/aromatic N) is 3. The standard InChI is InChI=1S/C16H22N4/c1-13-10-17-11-14(2)19(13)12-15-8-9-20(18-15)16-6-4-3-5-7-16/h3-9,13-14,17H,10-12H2,1-2H3. The van der Waals surface area contributed by atoms with Crippen molar-refractivity contribution in [1.29, 1.82) is 0 Å². The van der Waals surface area contributed by atoms with E-state index in [0.717, 1.165) is 31.0 Å². The van der Waals surface area contributed by atoms with Gasteiger partial charge in [-0.15, -0.1) is 0 Å². The van der Waals surface area contributed by atoms with E-state index in [9.17, 15) is 0 Å². The van der Waals surface area contributed by atoms with Crippen LogP contribution in [0.25, 0.3) is 5.69 Å². The molecule has 1 N–H and O–H groups in total. The van der Waals surface area contributed by atoms with Gasteiger partial charge in [-0.3, -0.25) is 4.90 Å². The van der Waals surface area contributed by atoms with Crippen molar-refractivity contribution in [3.63, 3.8) is 0 Å². The predicted molar refractivity (Wildman–Crippen MR) is 80.9 cm³/mol. The maximum absolute atomic E-state index is 4.70. The zero-order chi connectivity index (χ0) is 13.9. The Kier molecular flexibility index (Phi) is 3.85. The van der Waals surface area contributed by atoms with E-state index >= 15 is 0 Å². The lowest BCUT2D eigenvalue weighted by atomic mass is 10.1. The van der Waals surface area contributed by atoms with Gasteiger partial charge in [0.05, 0.1) is 11.4 Å². The molecule has 2 heterocycles. The van der Waals surface area contributed by atoms with Crippen LogP contribution in [0.4, 0.5) is 0 Å². The van der Waals surface area contributed by atoms with Crippen LogP contribution in [0.2, 0.25) is 0 Å². The van der Waals surface area contributed by atoms with Crippen molar-refractivity contribution in [3.8, 4) is 5.69 Å². The molecule has 1 fully saturated rings. The Balaban J connectivity index is 1.74. The van der Waals surface area contributed by atoms with Gasteiger partial charge < -0.3 is 5.32 Å². The number of nitrogens with one attached hydrogen (secondary N) is 1. The summed E-state index contributed by atoms with van der Waals surface area (Å²) in [4.78, 5) is 2.52. The molecule has 0 saturated carbocycles. The molecule has 20 heavy (non-hydrogen) atoms. The summed E-state index contributed by atoms with van der Waals surface area (Å²) in [6.45, 7) is 7.59. The molecule has 4 nitrogen and oxygen atoms in total. The van der Waals surface area contributed by atoms with Crippen LogP contribution >= 0.6 is 0 Å². The maximum atomic E-state index is 4.70. The van der Waals surface area contributed by atoms with Crippen LogP contribution in [0.1, 0.15) is 19.5 Å². The molecule has 2 atom stereocenters. The third kappa shape index (κ3) is 2.76. The van der Waals surface area contributed by atoms with Crippen LogP contribution in [0, 0.1) is 0 Å². The average molecular weight is 270 g/mol. The molecule has 0 amide bonds. The first-order valence-electron chi connectivity index (χ1n) is 7.30.